The number of nitrogens with zero attached hydrogens (tertiary/aromatic N) is 3. The van der Waals surface area contributed by atoms with Crippen LogP contribution in [0.15, 0.2) is 46.3 Å². The Morgan fingerprint density at radius 3 is 3.39 bits per heavy atom. The van der Waals surface area contributed by atoms with Gasteiger partial charge in [-0.15, -0.1) is 0 Å². The van der Waals surface area contributed by atoms with E-state index in [-0.39, 0.29) is 6.17 Å². The Kier molecular flexibility index (Phi) is 4.30. The van der Waals surface area contributed by atoms with E-state index in [1.165, 1.54) is 0 Å². The van der Waals surface area contributed by atoms with Crippen molar-refractivity contribution in [1.82, 2.24) is 15.5 Å². The summed E-state index contributed by atoms with van der Waals surface area (Å²) < 4.78 is 0. The third-order valence-electron chi connectivity index (χ3n) is 2.76. The largest absolute Gasteiger partial charge is 0.357 e. The Bertz CT molecular complexity index is 419. The first kappa shape index (κ1) is 12.6. The van der Waals surface area contributed by atoms with Gasteiger partial charge < -0.3 is 10.2 Å². The van der Waals surface area contributed by atoms with Crippen molar-refractivity contribution in [1.29, 1.82) is 0 Å². The third-order valence-corrected chi connectivity index (χ3v) is 2.76. The Labute approximate surface area is 108 Å². The zero-order valence-corrected chi connectivity index (χ0v) is 10.6. The van der Waals surface area contributed by atoms with Crippen LogP contribution >= 0.6 is 0 Å². The Hall–Kier alpha value is -1.88. The van der Waals surface area contributed by atoms with Crippen LogP contribution in [0, 0.1) is 0 Å². The van der Waals surface area contributed by atoms with Crippen molar-refractivity contribution in [3.63, 3.8) is 0 Å². The first-order valence-corrected chi connectivity index (χ1v) is 6.16. The summed E-state index contributed by atoms with van der Waals surface area (Å²) in [6.07, 6.45) is 9.51. The van der Waals surface area contributed by atoms with Crippen LogP contribution in [0.1, 0.15) is 6.92 Å². The molecular weight excluding hydrogens is 226 g/mol. The van der Waals surface area contributed by atoms with Gasteiger partial charge in [-0.05, 0) is 18.7 Å². The van der Waals surface area contributed by atoms with Crippen LogP contribution in [0.25, 0.3) is 0 Å². The molecule has 5 heteroatoms. The summed E-state index contributed by atoms with van der Waals surface area (Å²) in [6.45, 7) is 8.27. The summed E-state index contributed by atoms with van der Waals surface area (Å²) in [4.78, 5) is 10.9. The number of likely N-dealkylation sites (N-methyl/N-ethyl adjacent to an activating group) is 1. The maximum atomic E-state index is 4.36. The van der Waals surface area contributed by atoms with E-state index in [9.17, 15) is 0 Å². The van der Waals surface area contributed by atoms with Crippen molar-refractivity contribution in [3.8, 4) is 0 Å². The first-order valence-electron chi connectivity index (χ1n) is 6.16. The maximum absolute atomic E-state index is 4.36. The lowest BCUT2D eigenvalue weighted by atomic mass is 10.3. The van der Waals surface area contributed by atoms with Crippen molar-refractivity contribution in [2.75, 3.05) is 19.6 Å². The molecule has 0 amide bonds. The third kappa shape index (κ3) is 3.07. The van der Waals surface area contributed by atoms with Crippen LogP contribution in [-0.2, 0) is 0 Å². The van der Waals surface area contributed by atoms with E-state index in [4.69, 9.17) is 0 Å². The average Bonchev–Trinajstić information content (AvgIpc) is 2.86. The summed E-state index contributed by atoms with van der Waals surface area (Å²) in [5, 5.41) is 6.47. The molecule has 0 spiro atoms. The lowest BCUT2D eigenvalue weighted by Crippen LogP contribution is -2.43. The molecule has 2 N–H and O–H groups in total. The molecule has 96 valence electrons. The minimum Gasteiger partial charge on any atom is -0.357 e. The van der Waals surface area contributed by atoms with Crippen molar-refractivity contribution >= 4 is 12.6 Å². The predicted molar refractivity (Wildman–Crippen MR) is 75.5 cm³/mol. The van der Waals surface area contributed by atoms with Crippen LogP contribution in [0.4, 0.5) is 0 Å². The Morgan fingerprint density at radius 2 is 2.61 bits per heavy atom. The summed E-state index contributed by atoms with van der Waals surface area (Å²) in [5.41, 5.74) is 1.06. The summed E-state index contributed by atoms with van der Waals surface area (Å²) in [5.74, 6) is 0.986. The molecule has 0 saturated heterocycles. The second-order valence-electron chi connectivity index (χ2n) is 4.07. The standard InChI is InChI=1S/C13H19N5/c1-3-6-15-11-5-7-18(9-11)13-8-12(14-4-2)16-10-17-13/h3,5-6,8,10,12,14H,1,4,7,9H2,2H3,(H,16,17). The molecule has 0 aliphatic carbocycles. The van der Waals surface area contributed by atoms with E-state index in [1.54, 1.807) is 18.6 Å². The highest BCUT2D eigenvalue weighted by Crippen LogP contribution is 2.17. The molecule has 0 bridgehead atoms. The van der Waals surface area contributed by atoms with E-state index in [2.05, 4.69) is 51.2 Å². The van der Waals surface area contributed by atoms with Gasteiger partial charge in [-0.25, -0.2) is 4.99 Å². The number of allylic oxidation sites excluding steroid dienone is 1. The highest BCUT2D eigenvalue weighted by Gasteiger charge is 2.18. The van der Waals surface area contributed by atoms with Gasteiger partial charge in [-0.2, -0.15) is 0 Å². The molecule has 1 atom stereocenters. The number of aliphatic imine (C=N–C) groups is 2. The quantitative estimate of drug-likeness (QED) is 0.706. The van der Waals surface area contributed by atoms with Crippen LogP contribution in [-0.4, -0.2) is 43.3 Å². The molecular formula is C13H19N5. The van der Waals surface area contributed by atoms with Crippen molar-refractivity contribution in [3.05, 3.63) is 36.3 Å². The average molecular weight is 245 g/mol. The SMILES string of the molecule is C=CC=NC1=CCN(C2=CC(NCC)NC=N2)C1. The lowest BCUT2D eigenvalue weighted by Gasteiger charge is -2.24. The minimum absolute atomic E-state index is 0.156. The molecule has 0 radical (unpaired) electrons. The highest BCUT2D eigenvalue weighted by molar-refractivity contribution is 5.71. The van der Waals surface area contributed by atoms with Crippen LogP contribution in [0.3, 0.4) is 0 Å². The molecule has 0 aromatic rings. The van der Waals surface area contributed by atoms with Gasteiger partial charge in [-0.3, -0.25) is 10.3 Å². The van der Waals surface area contributed by atoms with Gasteiger partial charge in [0.2, 0.25) is 0 Å². The zero-order valence-electron chi connectivity index (χ0n) is 10.6. The van der Waals surface area contributed by atoms with Gasteiger partial charge in [0.05, 0.1) is 18.6 Å². The van der Waals surface area contributed by atoms with Gasteiger partial charge in [-0.1, -0.05) is 19.6 Å². The van der Waals surface area contributed by atoms with Gasteiger partial charge in [0, 0.05) is 12.8 Å². The molecule has 0 saturated carbocycles. The van der Waals surface area contributed by atoms with E-state index < -0.39 is 0 Å². The fourth-order valence-corrected chi connectivity index (χ4v) is 1.91. The Morgan fingerprint density at radius 1 is 1.72 bits per heavy atom. The molecule has 0 fully saturated rings. The van der Waals surface area contributed by atoms with Crippen LogP contribution in [0.5, 0.6) is 0 Å². The van der Waals surface area contributed by atoms with Gasteiger partial charge in [0.15, 0.2) is 0 Å². The molecule has 2 aliphatic heterocycles. The topological polar surface area (TPSA) is 52.0 Å². The Balaban J connectivity index is 1.96. The summed E-state index contributed by atoms with van der Waals surface area (Å²) in [7, 11) is 0. The van der Waals surface area contributed by atoms with Crippen molar-refractivity contribution in [2.45, 2.75) is 13.1 Å². The van der Waals surface area contributed by atoms with Crippen LogP contribution in [0.2, 0.25) is 0 Å². The predicted octanol–water partition coefficient (Wildman–Crippen LogP) is 0.851. The second-order valence-corrected chi connectivity index (χ2v) is 4.07. The van der Waals surface area contributed by atoms with E-state index in [0.29, 0.717) is 0 Å². The summed E-state index contributed by atoms with van der Waals surface area (Å²) in [6, 6.07) is 0. The molecule has 2 rings (SSSR count). The lowest BCUT2D eigenvalue weighted by molar-refractivity contribution is 0.419. The molecule has 2 aliphatic rings. The van der Waals surface area contributed by atoms with Gasteiger partial charge in [0.25, 0.3) is 0 Å². The zero-order chi connectivity index (χ0) is 12.8. The molecule has 2 heterocycles. The molecule has 5 nitrogen and oxygen atoms in total. The normalized spacial score (nSPS) is 22.9. The van der Waals surface area contributed by atoms with Crippen molar-refractivity contribution in [2.24, 2.45) is 9.98 Å². The minimum atomic E-state index is 0.156. The van der Waals surface area contributed by atoms with Gasteiger partial charge in [0.1, 0.15) is 12.0 Å². The number of hydrogen-bond donors (Lipinski definition) is 2. The number of hydrogen-bond acceptors (Lipinski definition) is 5. The summed E-state index contributed by atoms with van der Waals surface area (Å²) >= 11 is 0. The second kappa shape index (κ2) is 6.16. The fourth-order valence-electron chi connectivity index (χ4n) is 1.91. The van der Waals surface area contributed by atoms with E-state index in [1.807, 2.05) is 0 Å². The molecule has 0 aromatic carbocycles. The first-order chi connectivity index (χ1) is 8.83. The highest BCUT2D eigenvalue weighted by atomic mass is 15.3. The van der Waals surface area contributed by atoms with E-state index >= 15 is 0 Å². The van der Waals surface area contributed by atoms with Gasteiger partial charge >= 0.3 is 0 Å². The number of rotatable bonds is 5. The molecule has 18 heavy (non-hydrogen) atoms. The monoisotopic (exact) mass is 245 g/mol. The molecule has 1 unspecified atom stereocenters. The fraction of sp³-hybridized carbons (Fsp3) is 0.385. The van der Waals surface area contributed by atoms with E-state index in [0.717, 1.165) is 31.2 Å². The number of nitrogens with one attached hydrogen (secondary N) is 2. The molecule has 0 aromatic heterocycles. The van der Waals surface area contributed by atoms with Crippen LogP contribution < -0.4 is 10.6 Å². The maximum Gasteiger partial charge on any atom is 0.130 e. The smallest absolute Gasteiger partial charge is 0.130 e. The van der Waals surface area contributed by atoms with Crippen molar-refractivity contribution < 1.29 is 0 Å².